The predicted octanol–water partition coefficient (Wildman–Crippen LogP) is 4.96. The molecule has 0 fully saturated rings. The number of hydrogen-bond acceptors (Lipinski definition) is 4. The molecule has 0 saturated carbocycles. The van der Waals surface area contributed by atoms with Gasteiger partial charge in [-0.05, 0) is 17.2 Å². The molecule has 7 heteroatoms. The molecule has 0 aliphatic heterocycles. The Balaban J connectivity index is 2.06. The summed E-state index contributed by atoms with van der Waals surface area (Å²) in [5.74, 6) is -0.836. The minimum absolute atomic E-state index is 0.158. The molecule has 128 valence electrons. The number of carboxylic acids is 1. The van der Waals surface area contributed by atoms with Crippen molar-refractivity contribution in [1.29, 1.82) is 0 Å². The summed E-state index contributed by atoms with van der Waals surface area (Å²) < 4.78 is 5.46. The molecule has 0 aliphatic carbocycles. The van der Waals surface area contributed by atoms with Crippen LogP contribution in [-0.4, -0.2) is 21.3 Å². The summed E-state index contributed by atoms with van der Waals surface area (Å²) in [7, 11) is 0. The van der Waals surface area contributed by atoms with E-state index in [4.69, 9.17) is 27.6 Å². The monoisotopic (exact) mass is 376 g/mol. The van der Waals surface area contributed by atoms with Gasteiger partial charge in [0.15, 0.2) is 0 Å². The van der Waals surface area contributed by atoms with Crippen molar-refractivity contribution in [1.82, 2.24) is 10.2 Å². The number of carboxylic acid groups (broad SMARTS) is 1. The smallest absolute Gasteiger partial charge is 0.304 e. The van der Waals surface area contributed by atoms with Crippen LogP contribution in [0.3, 0.4) is 0 Å². The first kappa shape index (κ1) is 17.5. The SMILES string of the molecule is Cc1nnc(C(CC(=O)O)c2cccc(-c3cccc(Cl)c3Cl)c2)o1. The molecule has 0 amide bonds. The van der Waals surface area contributed by atoms with Crippen molar-refractivity contribution >= 4 is 29.2 Å². The van der Waals surface area contributed by atoms with Crippen LogP contribution in [0.4, 0.5) is 0 Å². The molecule has 0 radical (unpaired) electrons. The van der Waals surface area contributed by atoms with Gasteiger partial charge in [0.05, 0.1) is 22.4 Å². The van der Waals surface area contributed by atoms with Crippen LogP contribution in [0.1, 0.15) is 29.7 Å². The molecule has 0 bridgehead atoms. The Morgan fingerprint density at radius 3 is 2.64 bits per heavy atom. The molecule has 25 heavy (non-hydrogen) atoms. The van der Waals surface area contributed by atoms with E-state index in [0.29, 0.717) is 15.9 Å². The van der Waals surface area contributed by atoms with E-state index in [1.807, 2.05) is 36.4 Å². The largest absolute Gasteiger partial charge is 0.481 e. The summed E-state index contributed by atoms with van der Waals surface area (Å²) >= 11 is 12.4. The minimum Gasteiger partial charge on any atom is -0.481 e. The Bertz CT molecular complexity index is 924. The van der Waals surface area contributed by atoms with E-state index in [-0.39, 0.29) is 12.3 Å². The average molecular weight is 377 g/mol. The van der Waals surface area contributed by atoms with Crippen molar-refractivity contribution < 1.29 is 14.3 Å². The van der Waals surface area contributed by atoms with Crippen molar-refractivity contribution in [2.45, 2.75) is 19.3 Å². The van der Waals surface area contributed by atoms with Gasteiger partial charge in [-0.2, -0.15) is 0 Å². The van der Waals surface area contributed by atoms with Gasteiger partial charge in [0, 0.05) is 12.5 Å². The van der Waals surface area contributed by atoms with Gasteiger partial charge in [0.25, 0.3) is 0 Å². The Labute approximate surface area is 154 Å². The molecule has 3 aromatic rings. The first-order valence-electron chi connectivity index (χ1n) is 7.52. The van der Waals surface area contributed by atoms with Crippen LogP contribution in [0, 0.1) is 6.92 Å². The van der Waals surface area contributed by atoms with E-state index in [9.17, 15) is 9.90 Å². The number of benzene rings is 2. The van der Waals surface area contributed by atoms with Gasteiger partial charge in [0.1, 0.15) is 0 Å². The Kier molecular flexibility index (Phi) is 5.06. The highest BCUT2D eigenvalue weighted by Gasteiger charge is 2.24. The Morgan fingerprint density at radius 1 is 1.20 bits per heavy atom. The molecule has 1 atom stereocenters. The zero-order valence-electron chi connectivity index (χ0n) is 13.2. The predicted molar refractivity (Wildman–Crippen MR) is 95.0 cm³/mol. The molecule has 0 spiro atoms. The van der Waals surface area contributed by atoms with Gasteiger partial charge in [-0.3, -0.25) is 4.79 Å². The zero-order chi connectivity index (χ0) is 18.0. The molecule has 0 saturated heterocycles. The number of rotatable bonds is 5. The van der Waals surface area contributed by atoms with Crippen molar-refractivity contribution in [2.24, 2.45) is 0 Å². The summed E-state index contributed by atoms with van der Waals surface area (Å²) in [5, 5.41) is 17.9. The van der Waals surface area contributed by atoms with Crippen LogP contribution >= 0.6 is 23.2 Å². The number of carbonyl (C=O) groups is 1. The molecular formula is C18H14Cl2N2O3. The van der Waals surface area contributed by atoms with Gasteiger partial charge < -0.3 is 9.52 Å². The average Bonchev–Trinajstić information content (AvgIpc) is 3.01. The van der Waals surface area contributed by atoms with Crippen molar-refractivity contribution in [3.8, 4) is 11.1 Å². The van der Waals surface area contributed by atoms with Gasteiger partial charge in [0.2, 0.25) is 11.8 Å². The first-order chi connectivity index (χ1) is 12.0. The highest BCUT2D eigenvalue weighted by atomic mass is 35.5. The molecule has 2 aromatic carbocycles. The van der Waals surface area contributed by atoms with Crippen LogP contribution in [0.25, 0.3) is 11.1 Å². The second kappa shape index (κ2) is 7.25. The Hall–Kier alpha value is -2.37. The summed E-state index contributed by atoms with van der Waals surface area (Å²) in [6.07, 6.45) is -0.158. The van der Waals surface area contributed by atoms with E-state index >= 15 is 0 Å². The second-order valence-electron chi connectivity index (χ2n) is 5.54. The molecule has 3 rings (SSSR count). The van der Waals surface area contributed by atoms with E-state index in [2.05, 4.69) is 10.2 Å². The highest BCUT2D eigenvalue weighted by Crippen LogP contribution is 2.36. The lowest BCUT2D eigenvalue weighted by Crippen LogP contribution is -2.08. The van der Waals surface area contributed by atoms with Gasteiger partial charge >= 0.3 is 5.97 Å². The zero-order valence-corrected chi connectivity index (χ0v) is 14.8. The quantitative estimate of drug-likeness (QED) is 0.680. The maximum atomic E-state index is 11.3. The fraction of sp³-hybridized carbons (Fsp3) is 0.167. The lowest BCUT2D eigenvalue weighted by molar-refractivity contribution is -0.137. The summed E-state index contributed by atoms with van der Waals surface area (Å²) in [6, 6.07) is 12.8. The standard InChI is InChI=1S/C18H14Cl2N2O3/c1-10-21-22-18(25-10)14(9-16(23)24)12-5-2-4-11(8-12)13-6-3-7-15(19)17(13)20/h2-8,14H,9H2,1H3,(H,23,24). The van der Waals surface area contributed by atoms with Crippen LogP contribution < -0.4 is 0 Å². The van der Waals surface area contributed by atoms with E-state index in [1.165, 1.54) is 0 Å². The summed E-state index contributed by atoms with van der Waals surface area (Å²) in [6.45, 7) is 1.66. The molecule has 1 N–H and O–H groups in total. The number of nitrogens with zero attached hydrogens (tertiary/aromatic N) is 2. The molecule has 1 heterocycles. The molecule has 0 aliphatic rings. The minimum atomic E-state index is -0.952. The van der Waals surface area contributed by atoms with Crippen molar-refractivity contribution in [3.63, 3.8) is 0 Å². The third-order valence-electron chi connectivity index (χ3n) is 3.77. The third kappa shape index (κ3) is 3.83. The van der Waals surface area contributed by atoms with Crippen LogP contribution in [0.5, 0.6) is 0 Å². The van der Waals surface area contributed by atoms with Crippen molar-refractivity contribution in [2.75, 3.05) is 0 Å². The lowest BCUT2D eigenvalue weighted by Gasteiger charge is -2.13. The number of aromatic nitrogens is 2. The summed E-state index contributed by atoms with van der Waals surface area (Å²) in [5.41, 5.74) is 2.35. The van der Waals surface area contributed by atoms with Crippen molar-refractivity contribution in [3.05, 3.63) is 69.9 Å². The van der Waals surface area contributed by atoms with E-state index < -0.39 is 11.9 Å². The molecule has 1 aromatic heterocycles. The molecule has 5 nitrogen and oxygen atoms in total. The molecule has 1 unspecified atom stereocenters. The third-order valence-corrected chi connectivity index (χ3v) is 4.59. The normalized spacial score (nSPS) is 12.1. The van der Waals surface area contributed by atoms with Gasteiger partial charge in [-0.15, -0.1) is 10.2 Å². The fourth-order valence-corrected chi connectivity index (χ4v) is 3.03. The highest BCUT2D eigenvalue weighted by molar-refractivity contribution is 6.43. The van der Waals surface area contributed by atoms with Crippen LogP contribution in [-0.2, 0) is 4.79 Å². The number of aryl methyl sites for hydroxylation is 1. The second-order valence-corrected chi connectivity index (χ2v) is 6.32. The number of aliphatic carboxylic acids is 1. The van der Waals surface area contributed by atoms with Crippen LogP contribution in [0.15, 0.2) is 46.9 Å². The van der Waals surface area contributed by atoms with Gasteiger partial charge in [-0.25, -0.2) is 0 Å². The van der Waals surface area contributed by atoms with Crippen LogP contribution in [0.2, 0.25) is 10.0 Å². The maximum absolute atomic E-state index is 11.3. The van der Waals surface area contributed by atoms with Gasteiger partial charge in [-0.1, -0.05) is 59.6 Å². The summed E-state index contributed by atoms with van der Waals surface area (Å²) in [4.78, 5) is 11.3. The maximum Gasteiger partial charge on any atom is 0.304 e. The van der Waals surface area contributed by atoms with E-state index in [0.717, 1.165) is 16.7 Å². The first-order valence-corrected chi connectivity index (χ1v) is 8.27. The topological polar surface area (TPSA) is 76.2 Å². The van der Waals surface area contributed by atoms with E-state index in [1.54, 1.807) is 13.0 Å². The fourth-order valence-electron chi connectivity index (χ4n) is 2.62. The Morgan fingerprint density at radius 2 is 1.96 bits per heavy atom. The lowest BCUT2D eigenvalue weighted by atomic mass is 9.92. The number of hydrogen-bond donors (Lipinski definition) is 1. The molecular weight excluding hydrogens is 363 g/mol. The number of halogens is 2.